The number of carbonyl (C=O) groups excluding carboxylic acids is 2. The average molecular weight is 492 g/mol. The first-order valence-corrected chi connectivity index (χ1v) is 12.5. The van der Waals surface area contributed by atoms with Crippen LogP contribution in [0.3, 0.4) is 0 Å². The van der Waals surface area contributed by atoms with Gasteiger partial charge in [-0.05, 0) is 76.6 Å². The van der Waals surface area contributed by atoms with E-state index >= 15 is 0 Å². The first-order valence-electron chi connectivity index (χ1n) is 12.5. The van der Waals surface area contributed by atoms with Gasteiger partial charge in [-0.1, -0.05) is 24.1 Å². The van der Waals surface area contributed by atoms with Gasteiger partial charge in [0.1, 0.15) is 18.2 Å². The highest BCUT2D eigenvalue weighted by molar-refractivity contribution is 5.93. The number of nitrogens with one attached hydrogen (secondary N) is 2. The van der Waals surface area contributed by atoms with Gasteiger partial charge in [-0.25, -0.2) is 4.98 Å². The van der Waals surface area contributed by atoms with Crippen molar-refractivity contribution in [1.29, 1.82) is 5.26 Å². The number of carbonyl (C=O) groups is 2. The van der Waals surface area contributed by atoms with Crippen LogP contribution in [0.15, 0.2) is 35.7 Å². The molecule has 1 heterocycles. The molecular formula is C27H37N7O2. The van der Waals surface area contributed by atoms with Crippen LogP contribution in [0, 0.1) is 11.3 Å². The molecule has 0 bridgehead atoms. The fourth-order valence-electron chi connectivity index (χ4n) is 5.26. The minimum atomic E-state index is -0.624. The Morgan fingerprint density at radius 2 is 2.06 bits per heavy atom. The molecule has 0 spiro atoms. The molecule has 0 fully saturated rings. The second kappa shape index (κ2) is 11.5. The molecule has 1 aromatic carbocycles. The number of fused-ring (bicyclic) bond motifs is 1. The molecule has 3 unspecified atom stereocenters. The van der Waals surface area contributed by atoms with Crippen LogP contribution in [-0.4, -0.2) is 57.1 Å². The minimum absolute atomic E-state index is 0.0792. The maximum Gasteiger partial charge on any atom is 0.248 e. The van der Waals surface area contributed by atoms with Gasteiger partial charge in [0, 0.05) is 18.2 Å². The number of primary amides is 1. The van der Waals surface area contributed by atoms with Crippen LogP contribution in [0.1, 0.15) is 81.2 Å². The predicted molar refractivity (Wildman–Crippen MR) is 138 cm³/mol. The fourth-order valence-corrected chi connectivity index (χ4v) is 5.26. The second-order valence-electron chi connectivity index (χ2n) is 9.76. The third-order valence-electron chi connectivity index (χ3n) is 7.37. The van der Waals surface area contributed by atoms with Gasteiger partial charge in [-0.3, -0.25) is 14.7 Å². The average Bonchev–Trinajstić information content (AvgIpc) is 3.39. The van der Waals surface area contributed by atoms with Gasteiger partial charge in [-0.15, -0.1) is 0 Å². The van der Waals surface area contributed by atoms with E-state index in [9.17, 15) is 14.9 Å². The maximum atomic E-state index is 12.9. The van der Waals surface area contributed by atoms with Crippen LogP contribution < -0.4 is 11.1 Å². The highest BCUT2D eigenvalue weighted by atomic mass is 16.2. The first kappa shape index (κ1) is 27.1. The molecule has 1 aliphatic carbocycles. The summed E-state index contributed by atoms with van der Waals surface area (Å²) in [5.41, 5.74) is 9.99. The van der Waals surface area contributed by atoms with E-state index in [1.807, 2.05) is 26.0 Å². The van der Waals surface area contributed by atoms with E-state index in [-0.39, 0.29) is 18.5 Å². The van der Waals surface area contributed by atoms with Gasteiger partial charge in [0.05, 0.1) is 18.0 Å². The van der Waals surface area contributed by atoms with Crippen molar-refractivity contribution in [3.8, 4) is 6.07 Å². The lowest BCUT2D eigenvalue weighted by Gasteiger charge is -2.37. The number of aryl methyl sites for hydroxylation is 1. The summed E-state index contributed by atoms with van der Waals surface area (Å²) in [6.45, 7) is 10.7. The molecule has 9 heteroatoms. The molecule has 3 rings (SSSR count). The zero-order valence-corrected chi connectivity index (χ0v) is 21.9. The van der Waals surface area contributed by atoms with Crippen LogP contribution in [0.25, 0.3) is 0 Å². The maximum absolute atomic E-state index is 12.9. The van der Waals surface area contributed by atoms with E-state index in [1.165, 1.54) is 17.5 Å². The number of aromatic nitrogens is 3. The van der Waals surface area contributed by atoms with Gasteiger partial charge in [-0.2, -0.15) is 10.4 Å². The smallest absolute Gasteiger partial charge is 0.248 e. The van der Waals surface area contributed by atoms with Crippen molar-refractivity contribution in [2.24, 2.45) is 5.73 Å². The summed E-state index contributed by atoms with van der Waals surface area (Å²) in [5, 5.41) is 20.0. The number of benzene rings is 1. The van der Waals surface area contributed by atoms with Crippen molar-refractivity contribution in [2.45, 2.75) is 77.8 Å². The number of aromatic amines is 1. The van der Waals surface area contributed by atoms with E-state index in [4.69, 9.17) is 5.73 Å². The number of amides is 2. The largest absolute Gasteiger partial charge is 0.366 e. The van der Waals surface area contributed by atoms with Crippen molar-refractivity contribution in [3.63, 3.8) is 0 Å². The molecule has 9 nitrogen and oxygen atoms in total. The Morgan fingerprint density at radius 1 is 1.31 bits per heavy atom. The Hall–Kier alpha value is -3.51. The standard InChI is InChI=1S/C27H37N7O2/c1-6-11-34(19(4)14-28)24(35)15-30-18(3)13-27(26-31-16-32-33-26)20(5)17(2)7-8-21-12-22(25(29)36)9-10-23(21)27/h9-10,12,16,18-19,30H,6-8,11,13,15H2,1-5H3,(H2,29,36)(H,31,32,33). The van der Waals surface area contributed by atoms with Crippen molar-refractivity contribution in [2.75, 3.05) is 13.1 Å². The SMILES string of the molecule is CCCN(C(=O)CNC(C)CC1(c2ncn[nH]2)C(C)=C(C)CCc2cc(C(N)=O)ccc21)C(C)C#N. The van der Waals surface area contributed by atoms with Gasteiger partial charge in [0.25, 0.3) is 0 Å². The number of nitrogens with zero attached hydrogens (tertiary/aromatic N) is 4. The molecule has 4 N–H and O–H groups in total. The number of H-pyrrole nitrogens is 1. The summed E-state index contributed by atoms with van der Waals surface area (Å²) in [6.07, 6.45) is 4.55. The van der Waals surface area contributed by atoms with Gasteiger partial charge in [0.2, 0.25) is 11.8 Å². The molecule has 0 radical (unpaired) electrons. The normalized spacial score (nSPS) is 19.1. The number of rotatable bonds is 10. The van der Waals surface area contributed by atoms with Gasteiger partial charge in [0.15, 0.2) is 0 Å². The minimum Gasteiger partial charge on any atom is -0.366 e. The third kappa shape index (κ3) is 5.34. The molecule has 0 saturated heterocycles. The monoisotopic (exact) mass is 491 g/mol. The lowest BCUT2D eigenvalue weighted by molar-refractivity contribution is -0.131. The van der Waals surface area contributed by atoms with Crippen LogP contribution in [-0.2, 0) is 16.6 Å². The van der Waals surface area contributed by atoms with Gasteiger partial charge >= 0.3 is 0 Å². The summed E-state index contributed by atoms with van der Waals surface area (Å²) < 4.78 is 0. The second-order valence-corrected chi connectivity index (χ2v) is 9.76. The van der Waals surface area contributed by atoms with E-state index < -0.39 is 17.4 Å². The highest BCUT2D eigenvalue weighted by Crippen LogP contribution is 2.46. The Labute approximate surface area is 213 Å². The predicted octanol–water partition coefficient (Wildman–Crippen LogP) is 2.99. The molecule has 1 aliphatic rings. The van der Waals surface area contributed by atoms with Crippen LogP contribution in [0.4, 0.5) is 0 Å². The number of allylic oxidation sites excluding steroid dienone is 2. The highest BCUT2D eigenvalue weighted by Gasteiger charge is 2.43. The van der Waals surface area contributed by atoms with Crippen molar-refractivity contribution < 1.29 is 9.59 Å². The van der Waals surface area contributed by atoms with Crippen LogP contribution in [0.5, 0.6) is 0 Å². The Morgan fingerprint density at radius 3 is 2.67 bits per heavy atom. The molecule has 2 amide bonds. The molecule has 2 aromatic rings. The van der Waals surface area contributed by atoms with E-state index in [0.717, 1.165) is 36.2 Å². The van der Waals surface area contributed by atoms with Crippen molar-refractivity contribution in [1.82, 2.24) is 25.4 Å². The van der Waals surface area contributed by atoms with Crippen LogP contribution in [0.2, 0.25) is 0 Å². The molecule has 3 atom stereocenters. The van der Waals surface area contributed by atoms with E-state index in [1.54, 1.807) is 17.9 Å². The number of nitrogens with two attached hydrogens (primary N) is 1. The summed E-state index contributed by atoms with van der Waals surface area (Å²) in [4.78, 5) is 31.1. The molecule has 0 saturated carbocycles. The summed E-state index contributed by atoms with van der Waals surface area (Å²) in [5.74, 6) is 0.174. The lowest BCUT2D eigenvalue weighted by atomic mass is 9.68. The zero-order chi connectivity index (χ0) is 26.5. The quantitative estimate of drug-likeness (QED) is 0.436. The Kier molecular flexibility index (Phi) is 8.64. The number of nitriles is 1. The Balaban J connectivity index is 1.99. The number of hydrogen-bond acceptors (Lipinski definition) is 6. The summed E-state index contributed by atoms with van der Waals surface area (Å²) >= 11 is 0. The summed E-state index contributed by atoms with van der Waals surface area (Å²) in [6, 6.07) is 7.26. The number of hydrogen-bond donors (Lipinski definition) is 3. The van der Waals surface area contributed by atoms with Crippen molar-refractivity contribution in [3.05, 3.63) is 58.2 Å². The topological polar surface area (TPSA) is 141 Å². The Bertz CT molecular complexity index is 1170. The summed E-state index contributed by atoms with van der Waals surface area (Å²) in [7, 11) is 0. The fraction of sp³-hybridized carbons (Fsp3) is 0.519. The third-order valence-corrected chi connectivity index (χ3v) is 7.37. The molecule has 0 aliphatic heterocycles. The van der Waals surface area contributed by atoms with E-state index in [0.29, 0.717) is 18.5 Å². The lowest BCUT2D eigenvalue weighted by Crippen LogP contribution is -2.46. The van der Waals surface area contributed by atoms with Crippen LogP contribution >= 0.6 is 0 Å². The molecular weight excluding hydrogens is 454 g/mol. The molecule has 1 aromatic heterocycles. The molecule has 192 valence electrons. The van der Waals surface area contributed by atoms with E-state index in [2.05, 4.69) is 40.4 Å². The van der Waals surface area contributed by atoms with Crippen molar-refractivity contribution >= 4 is 11.8 Å². The molecule has 36 heavy (non-hydrogen) atoms. The zero-order valence-electron chi connectivity index (χ0n) is 21.9. The van der Waals surface area contributed by atoms with Gasteiger partial charge < -0.3 is 16.0 Å². The first-order chi connectivity index (χ1) is 17.1.